The summed E-state index contributed by atoms with van der Waals surface area (Å²) < 4.78 is 0. The molecule has 1 atom stereocenters. The number of hydrogen-bond donors (Lipinski definition) is 1. The highest BCUT2D eigenvalue weighted by atomic mass is 32.2. The third-order valence-corrected chi connectivity index (χ3v) is 3.89. The molecule has 0 aromatic carbocycles. The van der Waals surface area contributed by atoms with Gasteiger partial charge in [0.2, 0.25) is 0 Å². The van der Waals surface area contributed by atoms with Gasteiger partial charge in [-0.05, 0) is 37.3 Å². The first-order chi connectivity index (χ1) is 8.45. The summed E-state index contributed by atoms with van der Waals surface area (Å²) in [6, 6.07) is 1.90. The Morgan fingerprint density at radius 1 is 1.56 bits per heavy atom. The van der Waals surface area contributed by atoms with Crippen molar-refractivity contribution in [3.05, 3.63) is 46.9 Å². The van der Waals surface area contributed by atoms with Crippen LogP contribution in [0.2, 0.25) is 0 Å². The molecule has 1 aromatic heterocycles. The maximum Gasteiger partial charge on any atom is 0.125 e. The first-order valence-electron chi connectivity index (χ1n) is 5.83. The lowest BCUT2D eigenvalue weighted by Crippen LogP contribution is -2.02. The molecule has 0 aliphatic carbocycles. The van der Waals surface area contributed by atoms with Gasteiger partial charge in [-0.3, -0.25) is 5.41 Å². The van der Waals surface area contributed by atoms with Gasteiger partial charge < -0.3 is 0 Å². The topological polar surface area (TPSA) is 49.6 Å². The number of rotatable bonds is 4. The molecule has 1 N–H and O–H groups in total. The van der Waals surface area contributed by atoms with Crippen LogP contribution in [-0.4, -0.2) is 15.0 Å². The van der Waals surface area contributed by atoms with Gasteiger partial charge in [0, 0.05) is 12.1 Å². The molecule has 1 aromatic rings. The molecular formula is C14H19N3S. The summed E-state index contributed by atoms with van der Waals surface area (Å²) >= 11 is 1.40. The zero-order chi connectivity index (χ0) is 13.7. The van der Waals surface area contributed by atoms with Crippen LogP contribution in [0.1, 0.15) is 38.2 Å². The molecule has 0 aliphatic rings. The van der Waals surface area contributed by atoms with E-state index < -0.39 is 0 Å². The van der Waals surface area contributed by atoms with E-state index in [0.29, 0.717) is 5.04 Å². The Balaban J connectivity index is 2.76. The van der Waals surface area contributed by atoms with Crippen molar-refractivity contribution in [2.75, 3.05) is 0 Å². The average molecular weight is 261 g/mol. The van der Waals surface area contributed by atoms with Gasteiger partial charge in [0.1, 0.15) is 5.82 Å². The van der Waals surface area contributed by atoms with Crippen LogP contribution >= 0.6 is 11.8 Å². The van der Waals surface area contributed by atoms with Crippen molar-refractivity contribution in [1.82, 2.24) is 9.97 Å². The van der Waals surface area contributed by atoms with Gasteiger partial charge in [0.15, 0.2) is 0 Å². The van der Waals surface area contributed by atoms with Crippen LogP contribution < -0.4 is 0 Å². The first-order valence-corrected chi connectivity index (χ1v) is 6.65. The maximum atomic E-state index is 7.92. The Bertz CT molecular complexity index is 492. The van der Waals surface area contributed by atoms with Gasteiger partial charge in [0.05, 0.1) is 10.7 Å². The highest BCUT2D eigenvalue weighted by Gasteiger charge is 2.14. The molecule has 0 fully saturated rings. The Morgan fingerprint density at radius 2 is 2.22 bits per heavy atom. The first kappa shape index (κ1) is 14.6. The van der Waals surface area contributed by atoms with Crippen LogP contribution in [0, 0.1) is 12.3 Å². The van der Waals surface area contributed by atoms with Crippen LogP contribution in [0.15, 0.2) is 35.4 Å². The molecule has 1 unspecified atom stereocenters. The molecule has 18 heavy (non-hydrogen) atoms. The fourth-order valence-electron chi connectivity index (χ4n) is 1.31. The van der Waals surface area contributed by atoms with E-state index in [2.05, 4.69) is 23.5 Å². The molecule has 4 heteroatoms. The van der Waals surface area contributed by atoms with Crippen molar-refractivity contribution >= 4 is 16.8 Å². The summed E-state index contributed by atoms with van der Waals surface area (Å²) in [4.78, 5) is 9.41. The number of allylic oxidation sites excluding steroid dienone is 2. The van der Waals surface area contributed by atoms with Gasteiger partial charge in [0.25, 0.3) is 0 Å². The predicted molar refractivity (Wildman–Crippen MR) is 79.1 cm³/mol. The van der Waals surface area contributed by atoms with E-state index in [1.807, 2.05) is 32.9 Å². The Hall–Kier alpha value is -1.42. The van der Waals surface area contributed by atoms with E-state index in [1.54, 1.807) is 6.20 Å². The average Bonchev–Trinajstić information content (AvgIpc) is 2.36. The Kier molecular flexibility index (Phi) is 5.28. The van der Waals surface area contributed by atoms with Gasteiger partial charge in [-0.15, -0.1) is 0 Å². The molecular weight excluding hydrogens is 242 g/mol. The highest BCUT2D eigenvalue weighted by Crippen LogP contribution is 2.31. The smallest absolute Gasteiger partial charge is 0.125 e. The Morgan fingerprint density at radius 3 is 2.78 bits per heavy atom. The van der Waals surface area contributed by atoms with Crippen molar-refractivity contribution in [3.63, 3.8) is 0 Å². The van der Waals surface area contributed by atoms with Crippen LogP contribution in [0.5, 0.6) is 0 Å². The van der Waals surface area contributed by atoms with Gasteiger partial charge in [-0.2, -0.15) is 0 Å². The van der Waals surface area contributed by atoms with Crippen molar-refractivity contribution in [3.8, 4) is 0 Å². The van der Waals surface area contributed by atoms with E-state index in [1.165, 1.54) is 11.8 Å². The van der Waals surface area contributed by atoms with Crippen LogP contribution in [0.3, 0.4) is 0 Å². The van der Waals surface area contributed by atoms with E-state index >= 15 is 0 Å². The van der Waals surface area contributed by atoms with Crippen molar-refractivity contribution in [2.24, 2.45) is 0 Å². The van der Waals surface area contributed by atoms with Crippen molar-refractivity contribution in [2.45, 2.75) is 33.6 Å². The monoisotopic (exact) mass is 261 g/mol. The number of nitrogens with zero attached hydrogens (tertiary/aromatic N) is 2. The molecule has 0 amide bonds. The second kappa shape index (κ2) is 6.50. The molecule has 0 bridgehead atoms. The minimum absolute atomic E-state index is 0.113. The lowest BCUT2D eigenvalue weighted by molar-refractivity contribution is 0.861. The molecule has 1 heterocycles. The maximum absolute atomic E-state index is 7.92. The summed E-state index contributed by atoms with van der Waals surface area (Å²) in [6.07, 6.45) is 3.69. The second-order valence-corrected chi connectivity index (χ2v) is 5.26. The van der Waals surface area contributed by atoms with Gasteiger partial charge >= 0.3 is 0 Å². The molecule has 0 saturated heterocycles. The fourth-order valence-corrected chi connectivity index (χ4v) is 2.15. The van der Waals surface area contributed by atoms with E-state index in [0.717, 1.165) is 22.0 Å². The van der Waals surface area contributed by atoms with Crippen LogP contribution in [0.25, 0.3) is 0 Å². The highest BCUT2D eigenvalue weighted by molar-refractivity contribution is 8.17. The van der Waals surface area contributed by atoms with Gasteiger partial charge in [-0.25, -0.2) is 9.97 Å². The predicted octanol–water partition coefficient (Wildman–Crippen LogP) is 4.08. The molecule has 0 radical (unpaired) electrons. The number of nitrogens with one attached hydrogen (secondary N) is 1. The second-order valence-electron chi connectivity index (χ2n) is 4.12. The molecule has 0 spiro atoms. The standard InChI is InChI=1S/C14H19N3S/c1-6-9(2)14(15)18-11(4)10(3)13-7-8-16-12(5)17-13/h6-8,10,15H,4H2,1-3,5H3. The molecule has 0 aliphatic heterocycles. The lowest BCUT2D eigenvalue weighted by atomic mass is 10.1. The summed E-state index contributed by atoms with van der Waals surface area (Å²) in [7, 11) is 0. The largest absolute Gasteiger partial charge is 0.293 e. The third-order valence-electron chi connectivity index (χ3n) is 2.75. The van der Waals surface area contributed by atoms with Crippen LogP contribution in [-0.2, 0) is 0 Å². The molecule has 3 nitrogen and oxygen atoms in total. The zero-order valence-electron chi connectivity index (χ0n) is 11.3. The summed E-state index contributed by atoms with van der Waals surface area (Å²) in [6.45, 7) is 11.8. The zero-order valence-corrected chi connectivity index (χ0v) is 12.1. The number of aryl methyl sites for hydroxylation is 1. The van der Waals surface area contributed by atoms with Gasteiger partial charge in [-0.1, -0.05) is 31.3 Å². The van der Waals surface area contributed by atoms with E-state index in [4.69, 9.17) is 5.41 Å². The number of hydrogen-bond acceptors (Lipinski definition) is 4. The minimum Gasteiger partial charge on any atom is -0.293 e. The number of aromatic nitrogens is 2. The minimum atomic E-state index is 0.113. The van der Waals surface area contributed by atoms with E-state index in [9.17, 15) is 0 Å². The number of thioether (sulfide) groups is 1. The molecule has 96 valence electrons. The van der Waals surface area contributed by atoms with Crippen molar-refractivity contribution in [1.29, 1.82) is 5.41 Å². The molecule has 1 rings (SSSR count). The lowest BCUT2D eigenvalue weighted by Gasteiger charge is -2.14. The van der Waals surface area contributed by atoms with Crippen molar-refractivity contribution < 1.29 is 0 Å². The molecule has 0 saturated carbocycles. The third kappa shape index (κ3) is 3.81. The summed E-state index contributed by atoms with van der Waals surface area (Å²) in [5, 5.41) is 8.47. The normalized spacial score (nSPS) is 13.2. The summed E-state index contributed by atoms with van der Waals surface area (Å²) in [5.41, 5.74) is 1.91. The summed E-state index contributed by atoms with van der Waals surface area (Å²) in [5.74, 6) is 0.874. The van der Waals surface area contributed by atoms with Crippen LogP contribution in [0.4, 0.5) is 0 Å². The fraction of sp³-hybridized carbons (Fsp3) is 0.357. The SMILES string of the molecule is C=C(SC(=N)C(C)=CC)C(C)c1ccnc(C)n1. The van der Waals surface area contributed by atoms with E-state index in [-0.39, 0.29) is 5.92 Å². The quantitative estimate of drug-likeness (QED) is 0.656. The Labute approximate surface area is 113 Å².